The second kappa shape index (κ2) is 6.84. The molecule has 0 atom stereocenters. The lowest BCUT2D eigenvalue weighted by molar-refractivity contribution is -0.156. The predicted molar refractivity (Wildman–Crippen MR) is 45.9 cm³/mol. The number of hydrogen-bond donors (Lipinski definition) is 0. The molecule has 0 heterocycles. The molecule has 0 aliphatic carbocycles. The van der Waals surface area contributed by atoms with E-state index in [4.69, 9.17) is 0 Å². The van der Waals surface area contributed by atoms with E-state index in [0.29, 0.717) is 0 Å². The van der Waals surface area contributed by atoms with Crippen LogP contribution in [0.3, 0.4) is 0 Å². The molecule has 0 aromatic carbocycles. The lowest BCUT2D eigenvalue weighted by Crippen LogP contribution is -2.16. The van der Waals surface area contributed by atoms with Crippen molar-refractivity contribution in [3.05, 3.63) is 12.7 Å². The highest BCUT2D eigenvalue weighted by molar-refractivity contribution is 9.09. The van der Waals surface area contributed by atoms with Gasteiger partial charge in [0.05, 0.1) is 0 Å². The van der Waals surface area contributed by atoms with Gasteiger partial charge in [0.2, 0.25) is 0 Å². The first kappa shape index (κ1) is 11.2. The molecular weight excluding hydrogens is 228 g/mol. The third kappa shape index (κ3) is 5.91. The monoisotopic (exact) mass is 236 g/mol. The van der Waals surface area contributed by atoms with Gasteiger partial charge in [-0.05, 0) is 0 Å². The number of halogens is 1. The van der Waals surface area contributed by atoms with Crippen LogP contribution in [0.4, 0.5) is 0 Å². The Morgan fingerprint density at radius 3 is 2.50 bits per heavy atom. The summed E-state index contributed by atoms with van der Waals surface area (Å²) in [5.74, 6) is -1.07. The van der Waals surface area contributed by atoms with Crippen molar-refractivity contribution < 1.29 is 19.1 Å². The lowest BCUT2D eigenvalue weighted by atomic mass is 10.6. The minimum absolute atomic E-state index is 0.0712. The van der Waals surface area contributed by atoms with Gasteiger partial charge in [0.15, 0.2) is 6.61 Å². The van der Waals surface area contributed by atoms with Gasteiger partial charge in [-0.2, -0.15) is 0 Å². The van der Waals surface area contributed by atoms with Crippen molar-refractivity contribution in [3.63, 3.8) is 0 Å². The summed E-state index contributed by atoms with van der Waals surface area (Å²) in [6, 6.07) is 0. The summed E-state index contributed by atoms with van der Waals surface area (Å²) in [4.78, 5) is 21.2. The highest BCUT2D eigenvalue weighted by Crippen LogP contribution is 1.87. The Morgan fingerprint density at radius 2 is 2.00 bits per heavy atom. The predicted octanol–water partition coefficient (Wildman–Crippen LogP) is 0.654. The molecule has 4 nitrogen and oxygen atoms in total. The van der Waals surface area contributed by atoms with Crippen LogP contribution in [0.15, 0.2) is 12.7 Å². The number of alkyl halides is 1. The summed E-state index contributed by atoms with van der Waals surface area (Å²) in [5.41, 5.74) is 0. The minimum Gasteiger partial charge on any atom is -0.459 e. The maximum absolute atomic E-state index is 10.7. The van der Waals surface area contributed by atoms with Crippen molar-refractivity contribution in [2.75, 3.05) is 18.5 Å². The van der Waals surface area contributed by atoms with Gasteiger partial charge in [0, 0.05) is 0 Å². The Morgan fingerprint density at radius 1 is 1.33 bits per heavy atom. The van der Waals surface area contributed by atoms with Crippen LogP contribution in [0.1, 0.15) is 0 Å². The zero-order valence-corrected chi connectivity index (χ0v) is 8.00. The van der Waals surface area contributed by atoms with Crippen LogP contribution in [0, 0.1) is 0 Å². The second-order valence-corrected chi connectivity index (χ2v) is 2.33. The fraction of sp³-hybridized carbons (Fsp3) is 0.429. The summed E-state index contributed by atoms with van der Waals surface area (Å²) < 4.78 is 8.99. The smallest absolute Gasteiger partial charge is 0.344 e. The molecule has 0 saturated heterocycles. The van der Waals surface area contributed by atoms with Crippen LogP contribution in [-0.2, 0) is 19.1 Å². The molecule has 0 saturated carbocycles. The Hall–Kier alpha value is -0.840. The number of esters is 2. The zero-order chi connectivity index (χ0) is 9.40. The van der Waals surface area contributed by atoms with Gasteiger partial charge in [-0.3, -0.25) is 4.79 Å². The molecule has 0 radical (unpaired) electrons. The van der Waals surface area contributed by atoms with Crippen molar-refractivity contribution in [1.29, 1.82) is 0 Å². The molecule has 0 aromatic heterocycles. The largest absolute Gasteiger partial charge is 0.459 e. The van der Waals surface area contributed by atoms with E-state index in [9.17, 15) is 9.59 Å². The number of carbonyl (C=O) groups is 2. The van der Waals surface area contributed by atoms with Gasteiger partial charge < -0.3 is 9.47 Å². The fourth-order valence-electron chi connectivity index (χ4n) is 0.372. The van der Waals surface area contributed by atoms with Crippen molar-refractivity contribution in [3.8, 4) is 0 Å². The van der Waals surface area contributed by atoms with Crippen LogP contribution < -0.4 is 0 Å². The zero-order valence-electron chi connectivity index (χ0n) is 6.42. The Kier molecular flexibility index (Phi) is 6.37. The average Bonchev–Trinajstić information content (AvgIpc) is 2.10. The van der Waals surface area contributed by atoms with Crippen molar-refractivity contribution in [2.45, 2.75) is 0 Å². The number of ether oxygens (including phenoxy) is 2. The summed E-state index contributed by atoms with van der Waals surface area (Å²) in [6.07, 6.45) is 1.43. The Bertz CT molecular complexity index is 178. The van der Waals surface area contributed by atoms with E-state index < -0.39 is 11.9 Å². The van der Waals surface area contributed by atoms with Gasteiger partial charge in [-0.25, -0.2) is 4.79 Å². The van der Waals surface area contributed by atoms with Crippen LogP contribution in [0.5, 0.6) is 0 Å². The summed E-state index contributed by atoms with van der Waals surface area (Å²) in [6.45, 7) is 3.13. The topological polar surface area (TPSA) is 52.6 Å². The van der Waals surface area contributed by atoms with Gasteiger partial charge in [-0.1, -0.05) is 28.6 Å². The van der Waals surface area contributed by atoms with E-state index in [0.717, 1.165) is 0 Å². The standard InChI is InChI=1S/C7H9BrO4/c1-2-3-11-7(10)5-12-6(9)4-8/h2H,1,3-5H2. The van der Waals surface area contributed by atoms with Crippen LogP contribution in [-0.4, -0.2) is 30.5 Å². The molecule has 0 aromatic rings. The summed E-state index contributed by atoms with van der Waals surface area (Å²) in [7, 11) is 0. The third-order valence-electron chi connectivity index (χ3n) is 0.822. The first-order valence-corrected chi connectivity index (χ1v) is 4.31. The highest BCUT2D eigenvalue weighted by Gasteiger charge is 2.05. The van der Waals surface area contributed by atoms with Crippen LogP contribution in [0.25, 0.3) is 0 Å². The molecule has 12 heavy (non-hydrogen) atoms. The average molecular weight is 237 g/mol. The molecule has 68 valence electrons. The van der Waals surface area contributed by atoms with E-state index in [1.54, 1.807) is 0 Å². The molecule has 0 fully saturated rings. The van der Waals surface area contributed by atoms with Gasteiger partial charge in [0.25, 0.3) is 0 Å². The first-order valence-electron chi connectivity index (χ1n) is 3.18. The molecule has 0 unspecified atom stereocenters. The number of rotatable bonds is 5. The maximum Gasteiger partial charge on any atom is 0.344 e. The number of hydrogen-bond acceptors (Lipinski definition) is 4. The molecule has 0 bridgehead atoms. The van der Waals surface area contributed by atoms with Crippen molar-refractivity contribution in [2.24, 2.45) is 0 Å². The second-order valence-electron chi connectivity index (χ2n) is 1.77. The first-order chi connectivity index (χ1) is 5.70. The molecular formula is C7H9BrO4. The van der Waals surface area contributed by atoms with E-state index in [2.05, 4.69) is 32.0 Å². The van der Waals surface area contributed by atoms with Crippen LogP contribution >= 0.6 is 15.9 Å². The van der Waals surface area contributed by atoms with Crippen molar-refractivity contribution in [1.82, 2.24) is 0 Å². The molecule has 0 aliphatic heterocycles. The lowest BCUT2D eigenvalue weighted by Gasteiger charge is -2.01. The van der Waals surface area contributed by atoms with Gasteiger partial charge >= 0.3 is 11.9 Å². The normalized spacial score (nSPS) is 8.75. The van der Waals surface area contributed by atoms with Crippen LogP contribution in [0.2, 0.25) is 0 Å². The molecule has 5 heteroatoms. The van der Waals surface area contributed by atoms with Gasteiger partial charge in [0.1, 0.15) is 11.9 Å². The van der Waals surface area contributed by atoms with E-state index in [1.165, 1.54) is 6.08 Å². The van der Waals surface area contributed by atoms with E-state index in [-0.39, 0.29) is 18.5 Å². The highest BCUT2D eigenvalue weighted by atomic mass is 79.9. The van der Waals surface area contributed by atoms with E-state index >= 15 is 0 Å². The molecule has 0 spiro atoms. The third-order valence-corrected chi connectivity index (χ3v) is 1.28. The van der Waals surface area contributed by atoms with Gasteiger partial charge in [-0.15, -0.1) is 0 Å². The molecule has 0 rings (SSSR count). The summed E-state index contributed by atoms with van der Waals surface area (Å²) in [5, 5.41) is 0.0712. The van der Waals surface area contributed by atoms with Crippen molar-refractivity contribution >= 4 is 27.9 Å². The number of carbonyl (C=O) groups excluding carboxylic acids is 2. The minimum atomic E-state index is -0.579. The summed E-state index contributed by atoms with van der Waals surface area (Å²) >= 11 is 2.87. The maximum atomic E-state index is 10.7. The Labute approximate surface area is 78.7 Å². The fourth-order valence-corrected chi connectivity index (χ4v) is 0.533. The molecule has 0 aliphatic rings. The molecule has 0 N–H and O–H groups in total. The molecule has 0 amide bonds. The Balaban J connectivity index is 3.43. The van der Waals surface area contributed by atoms with E-state index in [1.807, 2.05) is 0 Å². The quantitative estimate of drug-likeness (QED) is 0.400. The SMILES string of the molecule is C=CCOC(=O)COC(=O)CBr.